The van der Waals surface area contributed by atoms with E-state index in [4.69, 9.17) is 4.74 Å². The minimum Gasteiger partial charge on any atom is -0.379 e. The molecule has 2 N–H and O–H groups in total. The van der Waals surface area contributed by atoms with E-state index in [-0.39, 0.29) is 11.9 Å². The molecule has 6 nitrogen and oxygen atoms in total. The minimum atomic E-state index is -0.218. The lowest BCUT2D eigenvalue weighted by Gasteiger charge is -2.35. The standard InChI is InChI=1S/C23H32FN5O/c1-25-23(26-16-18-5-4-6-21(15-18)28(2)3)27-17-22(29-11-13-30-14-12-29)19-7-9-20(24)10-8-19/h4-10,15,22H,11-14,16-17H2,1-3H3,(H2,25,26,27). The lowest BCUT2D eigenvalue weighted by Crippen LogP contribution is -2.46. The van der Waals surface area contributed by atoms with Crippen LogP contribution in [-0.4, -0.2) is 64.9 Å². The van der Waals surface area contributed by atoms with Crippen LogP contribution in [0.3, 0.4) is 0 Å². The Kier molecular flexibility index (Phi) is 8.04. The average Bonchev–Trinajstić information content (AvgIpc) is 2.78. The number of anilines is 1. The number of morpholine rings is 1. The molecule has 1 fully saturated rings. The predicted octanol–water partition coefficient (Wildman–Crippen LogP) is 2.63. The van der Waals surface area contributed by atoms with Gasteiger partial charge in [-0.2, -0.15) is 0 Å². The van der Waals surface area contributed by atoms with Crippen molar-refractivity contribution in [2.45, 2.75) is 12.6 Å². The molecule has 162 valence electrons. The van der Waals surface area contributed by atoms with Crippen LogP contribution in [0.15, 0.2) is 53.5 Å². The summed E-state index contributed by atoms with van der Waals surface area (Å²) in [6.07, 6.45) is 0. The van der Waals surface area contributed by atoms with E-state index >= 15 is 0 Å². The predicted molar refractivity (Wildman–Crippen MR) is 121 cm³/mol. The molecular weight excluding hydrogens is 381 g/mol. The summed E-state index contributed by atoms with van der Waals surface area (Å²) in [4.78, 5) is 8.83. The molecule has 1 heterocycles. The van der Waals surface area contributed by atoms with E-state index in [9.17, 15) is 4.39 Å². The first-order chi connectivity index (χ1) is 14.6. The van der Waals surface area contributed by atoms with Gasteiger partial charge in [0.05, 0.1) is 19.3 Å². The van der Waals surface area contributed by atoms with Crippen molar-refractivity contribution in [1.82, 2.24) is 15.5 Å². The smallest absolute Gasteiger partial charge is 0.191 e. The molecule has 1 atom stereocenters. The molecular formula is C23H32FN5O. The summed E-state index contributed by atoms with van der Waals surface area (Å²) < 4.78 is 18.9. The second-order valence-corrected chi connectivity index (χ2v) is 7.59. The van der Waals surface area contributed by atoms with Crippen molar-refractivity contribution in [1.29, 1.82) is 0 Å². The summed E-state index contributed by atoms with van der Waals surface area (Å²) in [5.41, 5.74) is 3.44. The van der Waals surface area contributed by atoms with E-state index < -0.39 is 0 Å². The van der Waals surface area contributed by atoms with E-state index in [1.807, 2.05) is 26.2 Å². The zero-order valence-electron chi connectivity index (χ0n) is 18.1. The van der Waals surface area contributed by atoms with Crippen LogP contribution in [0, 0.1) is 5.82 Å². The fourth-order valence-corrected chi connectivity index (χ4v) is 3.58. The number of aliphatic imine (C=N–C) groups is 1. The van der Waals surface area contributed by atoms with Gasteiger partial charge in [-0.05, 0) is 35.4 Å². The topological polar surface area (TPSA) is 52.1 Å². The number of rotatable bonds is 7. The van der Waals surface area contributed by atoms with Gasteiger partial charge >= 0.3 is 0 Å². The summed E-state index contributed by atoms with van der Waals surface area (Å²) >= 11 is 0. The maximum atomic E-state index is 13.4. The van der Waals surface area contributed by atoms with Crippen molar-refractivity contribution in [2.24, 2.45) is 4.99 Å². The third-order valence-corrected chi connectivity index (χ3v) is 5.31. The number of benzene rings is 2. The Morgan fingerprint density at radius 3 is 2.53 bits per heavy atom. The average molecular weight is 414 g/mol. The van der Waals surface area contributed by atoms with Crippen molar-refractivity contribution >= 4 is 11.6 Å². The summed E-state index contributed by atoms with van der Waals surface area (Å²) in [7, 11) is 5.84. The van der Waals surface area contributed by atoms with E-state index in [1.165, 1.54) is 23.4 Å². The van der Waals surface area contributed by atoms with Crippen LogP contribution >= 0.6 is 0 Å². The number of nitrogens with one attached hydrogen (secondary N) is 2. The summed E-state index contributed by atoms with van der Waals surface area (Å²) in [5.74, 6) is 0.524. The Labute approximate surface area is 178 Å². The van der Waals surface area contributed by atoms with Crippen molar-refractivity contribution in [3.8, 4) is 0 Å². The Hall–Kier alpha value is -2.64. The molecule has 0 saturated carbocycles. The number of ether oxygens (including phenoxy) is 1. The molecule has 1 aliphatic heterocycles. The molecule has 0 aliphatic carbocycles. The highest BCUT2D eigenvalue weighted by Crippen LogP contribution is 2.21. The first kappa shape index (κ1) is 22.1. The van der Waals surface area contributed by atoms with Crippen LogP contribution in [0.1, 0.15) is 17.2 Å². The summed E-state index contributed by atoms with van der Waals surface area (Å²) in [6, 6.07) is 15.3. The first-order valence-electron chi connectivity index (χ1n) is 10.3. The van der Waals surface area contributed by atoms with E-state index in [0.29, 0.717) is 26.3 Å². The van der Waals surface area contributed by atoms with Crippen LogP contribution in [0.2, 0.25) is 0 Å². The normalized spacial score (nSPS) is 16.2. The fraction of sp³-hybridized carbons (Fsp3) is 0.435. The van der Waals surface area contributed by atoms with Crippen molar-refractivity contribution < 1.29 is 9.13 Å². The zero-order valence-corrected chi connectivity index (χ0v) is 18.1. The minimum absolute atomic E-state index is 0.116. The number of guanidine groups is 1. The highest BCUT2D eigenvalue weighted by molar-refractivity contribution is 5.79. The zero-order chi connectivity index (χ0) is 21.3. The van der Waals surface area contributed by atoms with Gasteiger partial charge in [-0.3, -0.25) is 9.89 Å². The maximum absolute atomic E-state index is 13.4. The largest absolute Gasteiger partial charge is 0.379 e. The molecule has 0 spiro atoms. The van der Waals surface area contributed by atoms with Gasteiger partial charge in [0.25, 0.3) is 0 Å². The van der Waals surface area contributed by atoms with Crippen LogP contribution < -0.4 is 15.5 Å². The number of nitrogens with zero attached hydrogens (tertiary/aromatic N) is 3. The van der Waals surface area contributed by atoms with Crippen molar-refractivity contribution in [3.63, 3.8) is 0 Å². The van der Waals surface area contributed by atoms with Crippen LogP contribution in [0.5, 0.6) is 0 Å². The van der Waals surface area contributed by atoms with Gasteiger partial charge in [-0.15, -0.1) is 0 Å². The van der Waals surface area contributed by atoms with Gasteiger partial charge < -0.3 is 20.3 Å². The molecule has 3 rings (SSSR count). The van der Waals surface area contributed by atoms with E-state index in [1.54, 1.807) is 7.05 Å². The third kappa shape index (κ3) is 6.18. The highest BCUT2D eigenvalue weighted by atomic mass is 19.1. The Bertz CT molecular complexity index is 819. The van der Waals surface area contributed by atoms with Crippen LogP contribution in [0.4, 0.5) is 10.1 Å². The lowest BCUT2D eigenvalue weighted by molar-refractivity contribution is 0.0170. The third-order valence-electron chi connectivity index (χ3n) is 5.31. The summed E-state index contributed by atoms with van der Waals surface area (Å²) in [5, 5.41) is 6.83. The molecule has 0 amide bonds. The lowest BCUT2D eigenvalue weighted by atomic mass is 10.0. The van der Waals surface area contributed by atoms with Gasteiger partial charge in [0.1, 0.15) is 5.82 Å². The molecule has 1 unspecified atom stereocenters. The number of hydrogen-bond acceptors (Lipinski definition) is 4. The van der Waals surface area contributed by atoms with Gasteiger partial charge in [0.15, 0.2) is 5.96 Å². The molecule has 1 aliphatic rings. The monoisotopic (exact) mass is 413 g/mol. The van der Waals surface area contributed by atoms with Crippen LogP contribution in [-0.2, 0) is 11.3 Å². The van der Waals surface area contributed by atoms with Gasteiger partial charge in [0, 0.05) is 53.0 Å². The Morgan fingerprint density at radius 1 is 1.13 bits per heavy atom. The van der Waals surface area contributed by atoms with Gasteiger partial charge in [-0.25, -0.2) is 4.39 Å². The maximum Gasteiger partial charge on any atom is 0.191 e. The molecule has 0 bridgehead atoms. The van der Waals surface area contributed by atoms with Gasteiger partial charge in [0.2, 0.25) is 0 Å². The van der Waals surface area contributed by atoms with E-state index in [2.05, 4.69) is 49.7 Å². The number of hydrogen-bond donors (Lipinski definition) is 2. The molecule has 2 aromatic rings. The van der Waals surface area contributed by atoms with Crippen LogP contribution in [0.25, 0.3) is 0 Å². The Balaban J connectivity index is 1.62. The Morgan fingerprint density at radius 2 is 1.87 bits per heavy atom. The van der Waals surface area contributed by atoms with Crippen molar-refractivity contribution in [2.75, 3.05) is 58.9 Å². The molecule has 7 heteroatoms. The summed E-state index contributed by atoms with van der Waals surface area (Å²) in [6.45, 7) is 4.49. The first-order valence-corrected chi connectivity index (χ1v) is 10.3. The second-order valence-electron chi connectivity index (χ2n) is 7.59. The molecule has 2 aromatic carbocycles. The number of halogens is 1. The SMILES string of the molecule is CN=C(NCc1cccc(N(C)C)c1)NCC(c1ccc(F)cc1)N1CCOCC1. The molecule has 30 heavy (non-hydrogen) atoms. The molecule has 0 radical (unpaired) electrons. The second kappa shape index (κ2) is 10.9. The quantitative estimate of drug-likeness (QED) is 0.540. The van der Waals surface area contributed by atoms with Crippen molar-refractivity contribution in [3.05, 3.63) is 65.5 Å². The molecule has 0 aromatic heterocycles. The van der Waals surface area contributed by atoms with Gasteiger partial charge in [-0.1, -0.05) is 24.3 Å². The van der Waals surface area contributed by atoms with E-state index in [0.717, 1.165) is 24.6 Å². The molecule has 1 saturated heterocycles. The highest BCUT2D eigenvalue weighted by Gasteiger charge is 2.23. The fourth-order valence-electron chi connectivity index (χ4n) is 3.58.